The van der Waals surface area contributed by atoms with Crippen molar-refractivity contribution in [2.45, 2.75) is 37.8 Å². The van der Waals surface area contributed by atoms with Crippen LogP contribution in [0.5, 0.6) is 0 Å². The fourth-order valence-corrected chi connectivity index (χ4v) is 2.60. The van der Waals surface area contributed by atoms with Crippen LogP contribution in [0.1, 0.15) is 37.3 Å². The molecule has 0 aromatic heterocycles. The number of rotatable bonds is 4. The van der Waals surface area contributed by atoms with Crippen LogP contribution in [0.3, 0.4) is 0 Å². The van der Waals surface area contributed by atoms with E-state index in [0.717, 1.165) is 5.92 Å². The van der Waals surface area contributed by atoms with Gasteiger partial charge in [0.05, 0.1) is 0 Å². The zero-order chi connectivity index (χ0) is 10.8. The molecule has 2 aliphatic carbocycles. The molecule has 0 spiro atoms. The van der Waals surface area contributed by atoms with Crippen LogP contribution in [-0.2, 0) is 0 Å². The third kappa shape index (κ3) is 2.19. The first kappa shape index (κ1) is 10.1. The van der Waals surface area contributed by atoms with E-state index in [0.29, 0.717) is 12.1 Å². The number of hydrogen-bond acceptors (Lipinski definition) is 1. The van der Waals surface area contributed by atoms with E-state index in [1.807, 2.05) is 0 Å². The van der Waals surface area contributed by atoms with Gasteiger partial charge in [0.15, 0.2) is 0 Å². The zero-order valence-electron chi connectivity index (χ0n) is 9.60. The van der Waals surface area contributed by atoms with Gasteiger partial charge in [-0.15, -0.1) is 0 Å². The molecule has 0 radical (unpaired) electrons. The van der Waals surface area contributed by atoms with Crippen LogP contribution in [-0.4, -0.2) is 6.04 Å². The lowest BCUT2D eigenvalue weighted by Crippen LogP contribution is -2.32. The number of nitrogens with one attached hydrogen (secondary N) is 1. The summed E-state index contributed by atoms with van der Waals surface area (Å²) in [5, 5.41) is 3.83. The summed E-state index contributed by atoms with van der Waals surface area (Å²) in [5.74, 6) is 0.878. The average molecular weight is 213 g/mol. The highest BCUT2D eigenvalue weighted by atomic mass is 15.0. The summed E-state index contributed by atoms with van der Waals surface area (Å²) >= 11 is 0. The quantitative estimate of drug-likeness (QED) is 0.755. The van der Waals surface area contributed by atoms with Crippen LogP contribution >= 0.6 is 0 Å². The Balaban J connectivity index is 1.71. The second-order valence-electron chi connectivity index (χ2n) is 5.03. The van der Waals surface area contributed by atoms with Crippen LogP contribution in [0.25, 0.3) is 0 Å². The van der Waals surface area contributed by atoms with Gasteiger partial charge in [-0.1, -0.05) is 42.5 Å². The van der Waals surface area contributed by atoms with Gasteiger partial charge in [-0.2, -0.15) is 0 Å². The first-order valence-electron chi connectivity index (χ1n) is 6.39. The van der Waals surface area contributed by atoms with Crippen LogP contribution in [0.4, 0.5) is 0 Å². The first-order valence-corrected chi connectivity index (χ1v) is 6.39. The molecule has 3 rings (SSSR count). The predicted molar refractivity (Wildman–Crippen MR) is 67.2 cm³/mol. The highest BCUT2D eigenvalue weighted by molar-refractivity contribution is 5.21. The van der Waals surface area contributed by atoms with E-state index in [9.17, 15) is 0 Å². The maximum atomic E-state index is 3.83. The molecule has 1 aromatic rings. The van der Waals surface area contributed by atoms with Gasteiger partial charge < -0.3 is 5.32 Å². The fraction of sp³-hybridized carbons (Fsp3) is 0.467. The smallest absolute Gasteiger partial charge is 0.0351 e. The standard InChI is InChI=1S/C15H19N/c1-2-6-12(7-3-1)15(13-10-11-13)16-14-8-4-5-9-14/h1-7,13-16H,8-11H2. The van der Waals surface area contributed by atoms with Crippen molar-refractivity contribution in [3.05, 3.63) is 48.0 Å². The van der Waals surface area contributed by atoms with E-state index in [1.165, 1.54) is 31.2 Å². The lowest BCUT2D eigenvalue weighted by molar-refractivity contribution is 0.413. The Morgan fingerprint density at radius 1 is 1.00 bits per heavy atom. The van der Waals surface area contributed by atoms with Crippen LogP contribution in [0.2, 0.25) is 0 Å². The topological polar surface area (TPSA) is 12.0 Å². The fourth-order valence-electron chi connectivity index (χ4n) is 2.60. The normalized spacial score (nSPS) is 22.5. The second-order valence-corrected chi connectivity index (χ2v) is 5.03. The summed E-state index contributed by atoms with van der Waals surface area (Å²) in [5.41, 5.74) is 1.47. The maximum absolute atomic E-state index is 3.83. The van der Waals surface area contributed by atoms with Gasteiger partial charge in [-0.25, -0.2) is 0 Å². The van der Waals surface area contributed by atoms with Crippen molar-refractivity contribution in [2.24, 2.45) is 5.92 Å². The number of hydrogen-bond donors (Lipinski definition) is 1. The molecule has 2 aliphatic rings. The van der Waals surface area contributed by atoms with E-state index in [1.54, 1.807) is 0 Å². The summed E-state index contributed by atoms with van der Waals surface area (Å²) in [4.78, 5) is 0. The van der Waals surface area contributed by atoms with Crippen molar-refractivity contribution >= 4 is 0 Å². The van der Waals surface area contributed by atoms with E-state index in [-0.39, 0.29) is 0 Å². The Hall–Kier alpha value is -1.08. The minimum atomic E-state index is 0.589. The number of benzene rings is 1. The van der Waals surface area contributed by atoms with Crippen molar-refractivity contribution in [3.8, 4) is 0 Å². The molecule has 1 heteroatoms. The first-order chi connectivity index (χ1) is 7.93. The average Bonchev–Trinajstić information content (AvgIpc) is 3.05. The summed E-state index contributed by atoms with van der Waals surface area (Å²) in [6, 6.07) is 12.2. The molecule has 0 aliphatic heterocycles. The summed E-state index contributed by atoms with van der Waals surface area (Å²) < 4.78 is 0. The minimum Gasteiger partial charge on any atom is -0.306 e. The Bertz CT molecular complexity index is 356. The van der Waals surface area contributed by atoms with Crippen molar-refractivity contribution in [1.29, 1.82) is 0 Å². The van der Waals surface area contributed by atoms with Gasteiger partial charge in [0.2, 0.25) is 0 Å². The molecule has 1 atom stereocenters. The van der Waals surface area contributed by atoms with Crippen molar-refractivity contribution in [3.63, 3.8) is 0 Å². The molecule has 0 bridgehead atoms. The molecule has 1 aromatic carbocycles. The third-order valence-electron chi connectivity index (χ3n) is 3.68. The van der Waals surface area contributed by atoms with Crippen molar-refractivity contribution < 1.29 is 0 Å². The Morgan fingerprint density at radius 2 is 1.69 bits per heavy atom. The summed E-state index contributed by atoms with van der Waals surface area (Å²) in [6.07, 6.45) is 9.80. The van der Waals surface area contributed by atoms with Crippen LogP contribution in [0, 0.1) is 5.92 Å². The molecule has 0 saturated heterocycles. The van der Waals surface area contributed by atoms with Crippen LogP contribution < -0.4 is 5.32 Å². The van der Waals surface area contributed by atoms with Crippen LogP contribution in [0.15, 0.2) is 42.5 Å². The van der Waals surface area contributed by atoms with E-state index in [2.05, 4.69) is 47.8 Å². The molecular formula is C15H19N. The predicted octanol–water partition coefficient (Wildman–Crippen LogP) is 3.45. The molecule has 1 unspecified atom stereocenters. The SMILES string of the molecule is C1=CCC(NC(c2ccccc2)C2CC2)C1. The molecule has 1 fully saturated rings. The highest BCUT2D eigenvalue weighted by Gasteiger charge is 2.33. The molecule has 84 valence electrons. The maximum Gasteiger partial charge on any atom is 0.0351 e. The third-order valence-corrected chi connectivity index (χ3v) is 3.68. The minimum absolute atomic E-state index is 0.589. The van der Waals surface area contributed by atoms with E-state index < -0.39 is 0 Å². The van der Waals surface area contributed by atoms with E-state index >= 15 is 0 Å². The molecule has 1 saturated carbocycles. The van der Waals surface area contributed by atoms with Crippen molar-refractivity contribution in [2.75, 3.05) is 0 Å². The molecule has 0 heterocycles. The van der Waals surface area contributed by atoms with Gasteiger partial charge in [0.1, 0.15) is 0 Å². The van der Waals surface area contributed by atoms with Gasteiger partial charge in [-0.3, -0.25) is 0 Å². The molecular weight excluding hydrogens is 194 g/mol. The van der Waals surface area contributed by atoms with Gasteiger partial charge in [-0.05, 0) is 37.2 Å². The zero-order valence-corrected chi connectivity index (χ0v) is 9.60. The molecule has 0 amide bonds. The Kier molecular flexibility index (Phi) is 2.79. The van der Waals surface area contributed by atoms with Gasteiger partial charge >= 0.3 is 0 Å². The summed E-state index contributed by atoms with van der Waals surface area (Å²) in [7, 11) is 0. The molecule has 1 nitrogen and oxygen atoms in total. The second kappa shape index (κ2) is 4.42. The Labute approximate surface area is 97.6 Å². The Morgan fingerprint density at radius 3 is 2.31 bits per heavy atom. The summed E-state index contributed by atoms with van der Waals surface area (Å²) in [6.45, 7) is 0. The van der Waals surface area contributed by atoms with E-state index in [4.69, 9.17) is 0 Å². The lowest BCUT2D eigenvalue weighted by atomic mass is 10.0. The lowest BCUT2D eigenvalue weighted by Gasteiger charge is -2.23. The highest BCUT2D eigenvalue weighted by Crippen LogP contribution is 2.41. The molecule has 16 heavy (non-hydrogen) atoms. The monoisotopic (exact) mass is 213 g/mol. The van der Waals surface area contributed by atoms with Gasteiger partial charge in [0, 0.05) is 12.1 Å². The molecule has 1 N–H and O–H groups in total. The van der Waals surface area contributed by atoms with Crippen molar-refractivity contribution in [1.82, 2.24) is 5.32 Å². The van der Waals surface area contributed by atoms with Gasteiger partial charge in [0.25, 0.3) is 0 Å². The largest absolute Gasteiger partial charge is 0.306 e.